The molecule has 0 spiro atoms. The molecule has 0 amide bonds. The lowest BCUT2D eigenvalue weighted by atomic mass is 10.1. The molecule has 0 aliphatic rings. The van der Waals surface area contributed by atoms with Gasteiger partial charge in [0.05, 0.1) is 11.0 Å². The maximum absolute atomic E-state index is 6.02. The quantitative estimate of drug-likeness (QED) is 0.814. The summed E-state index contributed by atoms with van der Waals surface area (Å²) >= 11 is 5.97. The molecule has 0 saturated carbocycles. The summed E-state index contributed by atoms with van der Waals surface area (Å²) < 4.78 is 2.11. The maximum Gasteiger partial charge on any atom is 0.201 e. The third kappa shape index (κ3) is 2.61. The minimum atomic E-state index is 0.378. The van der Waals surface area contributed by atoms with Gasteiger partial charge in [-0.3, -0.25) is 0 Å². The first-order valence-electron chi connectivity index (χ1n) is 6.56. The Morgan fingerprint density at radius 3 is 2.89 bits per heavy atom. The second-order valence-corrected chi connectivity index (χ2v) is 5.25. The summed E-state index contributed by atoms with van der Waals surface area (Å²) in [5, 5.41) is 0.700. The fourth-order valence-corrected chi connectivity index (χ4v) is 2.54. The lowest BCUT2D eigenvalue weighted by Crippen LogP contribution is -2.08. The highest BCUT2D eigenvalue weighted by atomic mass is 35.5. The van der Waals surface area contributed by atoms with E-state index in [4.69, 9.17) is 17.3 Å². The molecule has 0 radical (unpaired) electrons. The van der Waals surface area contributed by atoms with Gasteiger partial charge < -0.3 is 10.3 Å². The highest BCUT2D eigenvalue weighted by Gasteiger charge is 2.13. The topological polar surface area (TPSA) is 43.8 Å². The van der Waals surface area contributed by atoms with Crippen molar-refractivity contribution in [1.82, 2.24) is 9.55 Å². The van der Waals surface area contributed by atoms with Crippen molar-refractivity contribution in [2.75, 3.05) is 5.73 Å². The van der Waals surface area contributed by atoms with E-state index in [0.717, 1.165) is 17.5 Å². The largest absolute Gasteiger partial charge is 0.369 e. The Kier molecular flexibility index (Phi) is 4.12. The zero-order valence-electron chi connectivity index (χ0n) is 11.0. The van der Waals surface area contributed by atoms with Crippen LogP contribution in [0.5, 0.6) is 0 Å². The van der Waals surface area contributed by atoms with E-state index in [0.29, 0.717) is 17.0 Å². The number of nitrogens with zero attached hydrogens (tertiary/aromatic N) is 2. The van der Waals surface area contributed by atoms with E-state index in [2.05, 4.69) is 23.4 Å². The molecule has 1 unspecified atom stereocenters. The van der Waals surface area contributed by atoms with Gasteiger partial charge in [-0.05, 0) is 31.5 Å². The normalized spacial score (nSPS) is 13.1. The van der Waals surface area contributed by atoms with Gasteiger partial charge in [0.15, 0.2) is 0 Å². The SMILES string of the molecule is CCCCCC(C)n1c(N)nc2cc(Cl)ccc21. The molecule has 0 aliphatic carbocycles. The number of rotatable bonds is 5. The van der Waals surface area contributed by atoms with E-state index >= 15 is 0 Å². The van der Waals surface area contributed by atoms with Crippen LogP contribution in [-0.2, 0) is 0 Å². The summed E-state index contributed by atoms with van der Waals surface area (Å²) in [5.74, 6) is 0.580. The van der Waals surface area contributed by atoms with E-state index in [1.807, 2.05) is 18.2 Å². The van der Waals surface area contributed by atoms with Crippen LogP contribution >= 0.6 is 11.6 Å². The number of hydrogen-bond acceptors (Lipinski definition) is 2. The molecule has 1 aromatic heterocycles. The number of halogens is 1. The summed E-state index contributed by atoms with van der Waals surface area (Å²) in [5.41, 5.74) is 7.96. The smallest absolute Gasteiger partial charge is 0.201 e. The van der Waals surface area contributed by atoms with Crippen molar-refractivity contribution in [3.8, 4) is 0 Å². The van der Waals surface area contributed by atoms with Crippen LogP contribution in [0, 0.1) is 0 Å². The van der Waals surface area contributed by atoms with Crippen LogP contribution < -0.4 is 5.73 Å². The molecule has 98 valence electrons. The molecular formula is C14H20ClN3. The minimum absolute atomic E-state index is 0.378. The zero-order chi connectivity index (χ0) is 13.1. The molecule has 2 N–H and O–H groups in total. The van der Waals surface area contributed by atoms with Crippen molar-refractivity contribution in [1.29, 1.82) is 0 Å². The number of nitrogens with two attached hydrogens (primary N) is 1. The Hall–Kier alpha value is -1.22. The molecule has 1 atom stereocenters. The van der Waals surface area contributed by atoms with Crippen LogP contribution in [0.1, 0.15) is 45.6 Å². The standard InChI is InChI=1S/C14H20ClN3/c1-3-4-5-6-10(2)18-13-8-7-11(15)9-12(13)17-14(18)16/h7-10H,3-6H2,1-2H3,(H2,16,17). The van der Waals surface area contributed by atoms with Crippen molar-refractivity contribution in [2.45, 2.75) is 45.6 Å². The molecule has 1 aromatic carbocycles. The Labute approximate surface area is 113 Å². The number of fused-ring (bicyclic) bond motifs is 1. The molecule has 2 aromatic rings. The monoisotopic (exact) mass is 265 g/mol. The molecule has 0 bridgehead atoms. The van der Waals surface area contributed by atoms with Crippen molar-refractivity contribution in [3.05, 3.63) is 23.2 Å². The highest BCUT2D eigenvalue weighted by Crippen LogP contribution is 2.27. The summed E-state index contributed by atoms with van der Waals surface area (Å²) in [6.07, 6.45) is 4.86. The van der Waals surface area contributed by atoms with Crippen LogP contribution in [0.15, 0.2) is 18.2 Å². The lowest BCUT2D eigenvalue weighted by molar-refractivity contribution is 0.492. The molecule has 0 aliphatic heterocycles. The number of imidazole rings is 1. The van der Waals surface area contributed by atoms with Gasteiger partial charge in [0.1, 0.15) is 0 Å². The highest BCUT2D eigenvalue weighted by molar-refractivity contribution is 6.31. The van der Waals surface area contributed by atoms with Gasteiger partial charge in [0.2, 0.25) is 5.95 Å². The van der Waals surface area contributed by atoms with Crippen LogP contribution in [0.25, 0.3) is 11.0 Å². The number of nitrogen functional groups attached to an aromatic ring is 1. The molecular weight excluding hydrogens is 246 g/mol. The van der Waals surface area contributed by atoms with E-state index in [-0.39, 0.29) is 0 Å². The molecule has 2 rings (SSSR count). The van der Waals surface area contributed by atoms with Crippen molar-refractivity contribution in [2.24, 2.45) is 0 Å². The van der Waals surface area contributed by atoms with Crippen molar-refractivity contribution >= 4 is 28.6 Å². The maximum atomic E-state index is 6.02. The summed E-state index contributed by atoms with van der Waals surface area (Å²) in [6, 6.07) is 6.13. The number of anilines is 1. The first kappa shape index (κ1) is 13.2. The van der Waals surface area contributed by atoms with Gasteiger partial charge in [0, 0.05) is 11.1 Å². The Bertz CT molecular complexity index is 533. The number of aromatic nitrogens is 2. The molecule has 0 fully saturated rings. The number of unbranched alkanes of at least 4 members (excludes halogenated alkanes) is 2. The van der Waals surface area contributed by atoms with Gasteiger partial charge in [-0.15, -0.1) is 0 Å². The molecule has 4 heteroatoms. The third-order valence-corrected chi connectivity index (χ3v) is 3.58. The molecule has 18 heavy (non-hydrogen) atoms. The Balaban J connectivity index is 2.29. The number of benzene rings is 1. The van der Waals surface area contributed by atoms with E-state index in [1.165, 1.54) is 19.3 Å². The van der Waals surface area contributed by atoms with Gasteiger partial charge in [-0.2, -0.15) is 0 Å². The fourth-order valence-electron chi connectivity index (χ4n) is 2.37. The predicted molar refractivity (Wildman–Crippen MR) is 78.0 cm³/mol. The first-order valence-corrected chi connectivity index (χ1v) is 6.94. The average molecular weight is 266 g/mol. The first-order chi connectivity index (χ1) is 8.63. The van der Waals surface area contributed by atoms with Crippen molar-refractivity contribution in [3.63, 3.8) is 0 Å². The van der Waals surface area contributed by atoms with Gasteiger partial charge in [0.25, 0.3) is 0 Å². The van der Waals surface area contributed by atoms with Gasteiger partial charge >= 0.3 is 0 Å². The Morgan fingerprint density at radius 2 is 2.17 bits per heavy atom. The van der Waals surface area contributed by atoms with Gasteiger partial charge in [-0.1, -0.05) is 37.8 Å². The second-order valence-electron chi connectivity index (χ2n) is 4.82. The van der Waals surface area contributed by atoms with Crippen molar-refractivity contribution < 1.29 is 0 Å². The van der Waals surface area contributed by atoms with Crippen LogP contribution in [-0.4, -0.2) is 9.55 Å². The minimum Gasteiger partial charge on any atom is -0.369 e. The van der Waals surface area contributed by atoms with Gasteiger partial charge in [-0.25, -0.2) is 4.98 Å². The second kappa shape index (κ2) is 5.61. The predicted octanol–water partition coefficient (Wildman–Crippen LogP) is 4.41. The molecule has 1 heterocycles. The summed E-state index contributed by atoms with van der Waals surface area (Å²) in [6.45, 7) is 4.41. The average Bonchev–Trinajstić information content (AvgIpc) is 2.64. The van der Waals surface area contributed by atoms with E-state index in [1.54, 1.807) is 0 Å². The van der Waals surface area contributed by atoms with E-state index in [9.17, 15) is 0 Å². The molecule has 3 nitrogen and oxygen atoms in total. The van der Waals surface area contributed by atoms with Crippen LogP contribution in [0.2, 0.25) is 5.02 Å². The third-order valence-electron chi connectivity index (χ3n) is 3.35. The molecule has 0 saturated heterocycles. The van der Waals surface area contributed by atoms with Crippen LogP contribution in [0.4, 0.5) is 5.95 Å². The fraction of sp³-hybridized carbons (Fsp3) is 0.500. The summed E-state index contributed by atoms with van der Waals surface area (Å²) in [7, 11) is 0. The van der Waals surface area contributed by atoms with E-state index < -0.39 is 0 Å². The zero-order valence-corrected chi connectivity index (χ0v) is 11.7. The Morgan fingerprint density at radius 1 is 1.39 bits per heavy atom. The lowest BCUT2D eigenvalue weighted by Gasteiger charge is -2.15. The summed E-state index contributed by atoms with van der Waals surface area (Å²) in [4.78, 5) is 4.38. The van der Waals surface area contributed by atoms with Crippen LogP contribution in [0.3, 0.4) is 0 Å². The number of hydrogen-bond donors (Lipinski definition) is 1.